The van der Waals surface area contributed by atoms with Gasteiger partial charge in [-0.2, -0.15) is 0 Å². The fourth-order valence-electron chi connectivity index (χ4n) is 2.86. The van der Waals surface area contributed by atoms with Crippen molar-refractivity contribution in [3.63, 3.8) is 0 Å². The van der Waals surface area contributed by atoms with Crippen molar-refractivity contribution in [2.24, 2.45) is 0 Å². The van der Waals surface area contributed by atoms with E-state index in [1.165, 1.54) is 19.4 Å². The zero-order valence-corrected chi connectivity index (χ0v) is 13.4. The number of ether oxygens (including phenoxy) is 3. The maximum absolute atomic E-state index is 5.38. The Morgan fingerprint density at radius 1 is 1.14 bits per heavy atom. The summed E-state index contributed by atoms with van der Waals surface area (Å²) in [5.74, 6) is 2.04. The topological polar surface area (TPSA) is 43.0 Å². The molecule has 1 atom stereocenters. The quantitative estimate of drug-likeness (QED) is 0.832. The molecule has 0 bridgehead atoms. The van der Waals surface area contributed by atoms with Crippen LogP contribution in [0.4, 0.5) is 0 Å². The minimum Gasteiger partial charge on any atom is -0.493 e. The Bertz CT molecular complexity index is 440. The molecule has 1 aromatic carbocycles. The zero-order chi connectivity index (χ0) is 15.2. The van der Waals surface area contributed by atoms with Gasteiger partial charge in [0.25, 0.3) is 0 Å². The van der Waals surface area contributed by atoms with Gasteiger partial charge in [0.05, 0.1) is 21.3 Å². The Balaban J connectivity index is 1.99. The minimum absolute atomic E-state index is 0.638. The van der Waals surface area contributed by atoms with Gasteiger partial charge < -0.3 is 24.4 Å². The molecule has 0 aromatic heterocycles. The number of likely N-dealkylation sites (N-methyl/N-ethyl adjacent to an activating group) is 1. The van der Waals surface area contributed by atoms with E-state index in [1.54, 1.807) is 21.3 Å². The number of hydrogen-bond donors (Lipinski definition) is 1. The van der Waals surface area contributed by atoms with Gasteiger partial charge >= 0.3 is 0 Å². The molecule has 0 radical (unpaired) electrons. The SMILES string of the molecule is COc1cc(CNCC2CCCN2C)cc(OC)c1OC. The molecule has 1 aliphatic rings. The van der Waals surface area contributed by atoms with Gasteiger partial charge in [-0.05, 0) is 44.1 Å². The first-order valence-corrected chi connectivity index (χ1v) is 7.39. The zero-order valence-electron chi connectivity index (χ0n) is 13.4. The first-order chi connectivity index (χ1) is 10.2. The molecule has 1 fully saturated rings. The second-order valence-corrected chi connectivity index (χ2v) is 5.44. The average Bonchev–Trinajstić information content (AvgIpc) is 2.91. The lowest BCUT2D eigenvalue weighted by molar-refractivity contribution is 0.299. The standard InChI is InChI=1S/C16H26N2O3/c1-18-7-5-6-13(18)11-17-10-12-8-14(19-2)16(21-4)15(9-12)20-3/h8-9,13,17H,5-7,10-11H2,1-4H3. The van der Waals surface area contributed by atoms with Crippen LogP contribution in [-0.2, 0) is 6.54 Å². The molecule has 0 saturated carbocycles. The first-order valence-electron chi connectivity index (χ1n) is 7.39. The van der Waals surface area contributed by atoms with E-state index < -0.39 is 0 Å². The molecular formula is C16H26N2O3. The van der Waals surface area contributed by atoms with Gasteiger partial charge in [-0.15, -0.1) is 0 Å². The predicted molar refractivity (Wildman–Crippen MR) is 83.5 cm³/mol. The number of nitrogens with zero attached hydrogens (tertiary/aromatic N) is 1. The fourth-order valence-corrected chi connectivity index (χ4v) is 2.86. The highest BCUT2D eigenvalue weighted by Gasteiger charge is 2.20. The van der Waals surface area contributed by atoms with Gasteiger partial charge in [-0.3, -0.25) is 0 Å². The Morgan fingerprint density at radius 3 is 2.29 bits per heavy atom. The fraction of sp³-hybridized carbons (Fsp3) is 0.625. The van der Waals surface area contributed by atoms with Crippen molar-refractivity contribution in [3.8, 4) is 17.2 Å². The summed E-state index contributed by atoms with van der Waals surface area (Å²) < 4.78 is 16.1. The molecule has 0 spiro atoms. The van der Waals surface area contributed by atoms with E-state index in [4.69, 9.17) is 14.2 Å². The number of hydrogen-bond acceptors (Lipinski definition) is 5. The summed E-state index contributed by atoms with van der Waals surface area (Å²) in [7, 11) is 7.09. The van der Waals surface area contributed by atoms with Crippen LogP contribution in [0, 0.1) is 0 Å². The van der Waals surface area contributed by atoms with Crippen LogP contribution in [0.25, 0.3) is 0 Å². The second-order valence-electron chi connectivity index (χ2n) is 5.44. The van der Waals surface area contributed by atoms with Crippen molar-refractivity contribution >= 4 is 0 Å². The molecule has 0 aliphatic carbocycles. The lowest BCUT2D eigenvalue weighted by Crippen LogP contribution is -2.35. The van der Waals surface area contributed by atoms with E-state index in [-0.39, 0.29) is 0 Å². The van der Waals surface area contributed by atoms with Crippen molar-refractivity contribution in [1.82, 2.24) is 10.2 Å². The highest BCUT2D eigenvalue weighted by molar-refractivity contribution is 5.53. The maximum atomic E-state index is 5.38. The summed E-state index contributed by atoms with van der Waals surface area (Å²) in [5, 5.41) is 3.52. The summed E-state index contributed by atoms with van der Waals surface area (Å²) in [6.07, 6.45) is 2.58. The molecule has 5 nitrogen and oxygen atoms in total. The van der Waals surface area contributed by atoms with Gasteiger partial charge in [-0.1, -0.05) is 0 Å². The van der Waals surface area contributed by atoms with Crippen LogP contribution < -0.4 is 19.5 Å². The van der Waals surface area contributed by atoms with E-state index in [0.29, 0.717) is 23.3 Å². The summed E-state index contributed by atoms with van der Waals surface area (Å²) >= 11 is 0. The highest BCUT2D eigenvalue weighted by Crippen LogP contribution is 2.38. The minimum atomic E-state index is 0.638. The van der Waals surface area contributed by atoms with Gasteiger partial charge in [0.2, 0.25) is 5.75 Å². The molecule has 21 heavy (non-hydrogen) atoms. The van der Waals surface area contributed by atoms with Crippen molar-refractivity contribution in [1.29, 1.82) is 0 Å². The molecule has 2 rings (SSSR count). The average molecular weight is 294 g/mol. The predicted octanol–water partition coefficient (Wildman–Crippen LogP) is 1.90. The Hall–Kier alpha value is -1.46. The highest BCUT2D eigenvalue weighted by atomic mass is 16.5. The summed E-state index contributed by atoms with van der Waals surface area (Å²) in [6, 6.07) is 4.63. The van der Waals surface area contributed by atoms with Gasteiger partial charge in [0.15, 0.2) is 11.5 Å². The molecular weight excluding hydrogens is 268 g/mol. The smallest absolute Gasteiger partial charge is 0.203 e. The lowest BCUT2D eigenvalue weighted by atomic mass is 10.1. The van der Waals surface area contributed by atoms with Crippen LogP contribution in [-0.4, -0.2) is 52.4 Å². The molecule has 5 heteroatoms. The summed E-state index contributed by atoms with van der Waals surface area (Å²) in [6.45, 7) is 3.00. The number of nitrogens with one attached hydrogen (secondary N) is 1. The van der Waals surface area contributed by atoms with Crippen molar-refractivity contribution in [2.75, 3.05) is 41.5 Å². The Morgan fingerprint density at radius 2 is 1.81 bits per heavy atom. The van der Waals surface area contributed by atoms with E-state index in [0.717, 1.165) is 18.7 Å². The third kappa shape index (κ3) is 3.80. The monoisotopic (exact) mass is 294 g/mol. The molecule has 1 aliphatic heterocycles. The number of likely N-dealkylation sites (tertiary alicyclic amines) is 1. The first kappa shape index (κ1) is 15.9. The van der Waals surface area contributed by atoms with Crippen molar-refractivity contribution < 1.29 is 14.2 Å². The van der Waals surface area contributed by atoms with Crippen LogP contribution in [0.3, 0.4) is 0 Å². The van der Waals surface area contributed by atoms with E-state index >= 15 is 0 Å². The van der Waals surface area contributed by atoms with Crippen LogP contribution in [0.1, 0.15) is 18.4 Å². The van der Waals surface area contributed by atoms with E-state index in [2.05, 4.69) is 17.3 Å². The van der Waals surface area contributed by atoms with Gasteiger partial charge in [-0.25, -0.2) is 0 Å². The molecule has 0 amide bonds. The van der Waals surface area contributed by atoms with E-state index in [9.17, 15) is 0 Å². The largest absolute Gasteiger partial charge is 0.493 e. The molecule has 118 valence electrons. The second kappa shape index (κ2) is 7.52. The van der Waals surface area contributed by atoms with E-state index in [1.807, 2.05) is 12.1 Å². The lowest BCUT2D eigenvalue weighted by Gasteiger charge is -2.20. The summed E-state index contributed by atoms with van der Waals surface area (Å²) in [4.78, 5) is 2.42. The van der Waals surface area contributed by atoms with Crippen LogP contribution in [0.2, 0.25) is 0 Å². The third-order valence-corrected chi connectivity index (χ3v) is 4.11. The van der Waals surface area contributed by atoms with Crippen molar-refractivity contribution in [3.05, 3.63) is 17.7 Å². The van der Waals surface area contributed by atoms with Crippen LogP contribution in [0.15, 0.2) is 12.1 Å². The van der Waals surface area contributed by atoms with Gasteiger partial charge in [0.1, 0.15) is 0 Å². The Kier molecular flexibility index (Phi) is 5.70. The molecule has 1 aromatic rings. The Labute approximate surface area is 127 Å². The molecule has 1 unspecified atom stereocenters. The van der Waals surface area contributed by atoms with Crippen molar-refractivity contribution in [2.45, 2.75) is 25.4 Å². The number of methoxy groups -OCH3 is 3. The normalized spacial score (nSPS) is 18.8. The van der Waals surface area contributed by atoms with Gasteiger partial charge in [0, 0.05) is 19.1 Å². The molecule has 1 N–H and O–H groups in total. The van der Waals surface area contributed by atoms with Crippen LogP contribution in [0.5, 0.6) is 17.2 Å². The molecule has 1 saturated heterocycles. The number of benzene rings is 1. The number of rotatable bonds is 7. The summed E-state index contributed by atoms with van der Waals surface area (Å²) in [5.41, 5.74) is 1.13. The maximum Gasteiger partial charge on any atom is 0.203 e. The van der Waals surface area contributed by atoms with Crippen LogP contribution >= 0.6 is 0 Å². The third-order valence-electron chi connectivity index (χ3n) is 4.11. The molecule has 1 heterocycles.